The molecule has 2 heterocycles. The zero-order valence-electron chi connectivity index (χ0n) is 13.3. The second kappa shape index (κ2) is 6.23. The Hall–Kier alpha value is -3.02. The number of piperazine rings is 1. The summed E-state index contributed by atoms with van der Waals surface area (Å²) in [7, 11) is 0. The van der Waals surface area contributed by atoms with Crippen LogP contribution in [0, 0.1) is 0 Å². The number of nitrogens with zero attached hydrogens (tertiary/aromatic N) is 5. The first kappa shape index (κ1) is 14.6. The van der Waals surface area contributed by atoms with E-state index in [1.54, 1.807) is 23.1 Å². The summed E-state index contributed by atoms with van der Waals surface area (Å²) in [5, 5.41) is 13.5. The van der Waals surface area contributed by atoms with Crippen LogP contribution < -0.4 is 9.80 Å². The van der Waals surface area contributed by atoms with Gasteiger partial charge in [0.15, 0.2) is 0 Å². The van der Waals surface area contributed by atoms with E-state index in [2.05, 4.69) is 44.1 Å². The van der Waals surface area contributed by atoms with Crippen LogP contribution in [0.25, 0.3) is 5.69 Å². The zero-order chi connectivity index (χ0) is 16.4. The number of phenolic OH excluding ortho intramolecular Hbond substituents is 1. The largest absolute Gasteiger partial charge is 0.508 e. The van der Waals surface area contributed by atoms with E-state index in [-0.39, 0.29) is 0 Å². The summed E-state index contributed by atoms with van der Waals surface area (Å²) in [6, 6.07) is 15.8. The Balaban J connectivity index is 1.41. The highest BCUT2D eigenvalue weighted by atomic mass is 16.3. The van der Waals surface area contributed by atoms with Crippen molar-refractivity contribution >= 4 is 11.4 Å². The molecule has 1 aliphatic heterocycles. The molecule has 2 aromatic carbocycles. The van der Waals surface area contributed by atoms with Gasteiger partial charge in [-0.25, -0.2) is 9.67 Å². The van der Waals surface area contributed by atoms with Crippen molar-refractivity contribution in [1.82, 2.24) is 14.8 Å². The highest BCUT2D eigenvalue weighted by molar-refractivity contribution is 5.54. The fraction of sp³-hybridized carbons (Fsp3) is 0.222. The zero-order valence-corrected chi connectivity index (χ0v) is 13.3. The third-order valence-corrected chi connectivity index (χ3v) is 4.39. The summed E-state index contributed by atoms with van der Waals surface area (Å²) in [5.41, 5.74) is 3.40. The van der Waals surface area contributed by atoms with Gasteiger partial charge in [0, 0.05) is 37.6 Å². The molecule has 0 saturated carbocycles. The number of aromatic nitrogens is 3. The molecule has 1 saturated heterocycles. The molecule has 1 fully saturated rings. The molecule has 4 rings (SSSR count). The number of benzene rings is 2. The first-order valence-electron chi connectivity index (χ1n) is 8.03. The van der Waals surface area contributed by atoms with Gasteiger partial charge in [0.25, 0.3) is 0 Å². The monoisotopic (exact) mass is 321 g/mol. The molecule has 1 N–H and O–H groups in total. The molecule has 0 amide bonds. The third kappa shape index (κ3) is 2.90. The molecule has 122 valence electrons. The number of aromatic hydroxyl groups is 1. The Morgan fingerprint density at radius 1 is 0.708 bits per heavy atom. The van der Waals surface area contributed by atoms with Crippen molar-refractivity contribution in [1.29, 1.82) is 0 Å². The maximum atomic E-state index is 9.40. The van der Waals surface area contributed by atoms with E-state index >= 15 is 0 Å². The van der Waals surface area contributed by atoms with Crippen molar-refractivity contribution < 1.29 is 5.11 Å². The van der Waals surface area contributed by atoms with Gasteiger partial charge in [-0.15, -0.1) is 0 Å². The minimum atomic E-state index is 0.310. The lowest BCUT2D eigenvalue weighted by atomic mass is 10.2. The smallest absolute Gasteiger partial charge is 0.138 e. The number of phenols is 1. The van der Waals surface area contributed by atoms with E-state index in [0.717, 1.165) is 37.6 Å². The van der Waals surface area contributed by atoms with Crippen molar-refractivity contribution in [2.45, 2.75) is 0 Å². The molecule has 0 atom stereocenters. The number of rotatable bonds is 3. The van der Waals surface area contributed by atoms with Crippen molar-refractivity contribution in [3.05, 3.63) is 61.2 Å². The van der Waals surface area contributed by atoms with Gasteiger partial charge in [0.2, 0.25) is 0 Å². The quantitative estimate of drug-likeness (QED) is 0.802. The van der Waals surface area contributed by atoms with E-state index in [1.165, 1.54) is 12.0 Å². The normalized spacial score (nSPS) is 14.8. The molecule has 3 aromatic rings. The molecule has 24 heavy (non-hydrogen) atoms. The molecule has 0 radical (unpaired) electrons. The van der Waals surface area contributed by atoms with Gasteiger partial charge in [0.1, 0.15) is 18.4 Å². The Kier molecular flexibility index (Phi) is 3.78. The summed E-state index contributed by atoms with van der Waals surface area (Å²) >= 11 is 0. The lowest BCUT2D eigenvalue weighted by Gasteiger charge is -2.37. The van der Waals surface area contributed by atoms with Crippen molar-refractivity contribution in [3.8, 4) is 11.4 Å². The molecule has 6 nitrogen and oxygen atoms in total. The van der Waals surface area contributed by atoms with Crippen molar-refractivity contribution in [2.24, 2.45) is 0 Å². The van der Waals surface area contributed by atoms with Crippen LogP contribution in [0.3, 0.4) is 0 Å². The lowest BCUT2D eigenvalue weighted by molar-refractivity contribution is 0.475. The first-order valence-corrected chi connectivity index (χ1v) is 8.03. The van der Waals surface area contributed by atoms with Crippen LogP contribution in [-0.4, -0.2) is 46.1 Å². The minimum absolute atomic E-state index is 0.310. The fourth-order valence-corrected chi connectivity index (χ4v) is 3.04. The Bertz CT molecular complexity index is 775. The Labute approximate surface area is 140 Å². The van der Waals surface area contributed by atoms with Crippen molar-refractivity contribution in [3.63, 3.8) is 0 Å². The molecular weight excluding hydrogens is 302 g/mol. The van der Waals surface area contributed by atoms with Crippen molar-refractivity contribution in [2.75, 3.05) is 36.0 Å². The second-order valence-electron chi connectivity index (χ2n) is 5.85. The molecule has 0 unspecified atom stereocenters. The summed E-state index contributed by atoms with van der Waals surface area (Å²) in [6.07, 6.45) is 3.24. The number of hydrogen-bond donors (Lipinski definition) is 1. The average Bonchev–Trinajstić information content (AvgIpc) is 3.17. The van der Waals surface area contributed by atoms with Gasteiger partial charge in [-0.2, -0.15) is 5.10 Å². The van der Waals surface area contributed by atoms with E-state index in [4.69, 9.17) is 0 Å². The van der Waals surface area contributed by atoms with E-state index < -0.39 is 0 Å². The maximum absolute atomic E-state index is 9.40. The molecule has 1 aromatic heterocycles. The molecule has 0 bridgehead atoms. The second-order valence-corrected chi connectivity index (χ2v) is 5.85. The third-order valence-electron chi connectivity index (χ3n) is 4.39. The van der Waals surface area contributed by atoms with Crippen LogP contribution in [0.15, 0.2) is 61.2 Å². The molecule has 0 aliphatic carbocycles. The molecular formula is C18H19N5O. The summed E-state index contributed by atoms with van der Waals surface area (Å²) in [5.74, 6) is 0.310. The highest BCUT2D eigenvalue weighted by Gasteiger charge is 2.17. The molecule has 6 heteroatoms. The molecule has 1 aliphatic rings. The average molecular weight is 321 g/mol. The predicted octanol–water partition coefficient (Wildman–Crippen LogP) is 2.30. The van der Waals surface area contributed by atoms with Crippen LogP contribution in [0.1, 0.15) is 0 Å². The lowest BCUT2D eigenvalue weighted by Crippen LogP contribution is -2.46. The maximum Gasteiger partial charge on any atom is 0.138 e. The number of anilines is 2. The van der Waals surface area contributed by atoms with Crippen LogP contribution in [0.2, 0.25) is 0 Å². The van der Waals surface area contributed by atoms with Crippen LogP contribution >= 0.6 is 0 Å². The van der Waals surface area contributed by atoms with Gasteiger partial charge in [-0.05, 0) is 48.5 Å². The van der Waals surface area contributed by atoms with Gasteiger partial charge in [-0.1, -0.05) is 0 Å². The van der Waals surface area contributed by atoms with E-state index in [0.29, 0.717) is 5.75 Å². The predicted molar refractivity (Wildman–Crippen MR) is 93.9 cm³/mol. The Morgan fingerprint density at radius 2 is 1.21 bits per heavy atom. The molecule has 0 spiro atoms. The summed E-state index contributed by atoms with van der Waals surface area (Å²) in [4.78, 5) is 8.71. The Morgan fingerprint density at radius 3 is 1.71 bits per heavy atom. The van der Waals surface area contributed by atoms with E-state index in [9.17, 15) is 5.11 Å². The van der Waals surface area contributed by atoms with E-state index in [1.807, 2.05) is 12.1 Å². The van der Waals surface area contributed by atoms with Gasteiger partial charge in [-0.3, -0.25) is 0 Å². The first-order chi connectivity index (χ1) is 11.8. The summed E-state index contributed by atoms with van der Waals surface area (Å²) in [6.45, 7) is 3.89. The van der Waals surface area contributed by atoms with Crippen LogP contribution in [-0.2, 0) is 0 Å². The van der Waals surface area contributed by atoms with Crippen LogP contribution in [0.5, 0.6) is 5.75 Å². The van der Waals surface area contributed by atoms with Gasteiger partial charge >= 0.3 is 0 Å². The SMILES string of the molecule is Oc1ccc(N2CCN(c3ccc(-n4cncn4)cc3)CC2)cc1. The standard InChI is InChI=1S/C18H19N5O/c24-18-7-5-16(6-8-18)22-11-9-21(10-12-22)15-1-3-17(4-2-15)23-14-19-13-20-23/h1-8,13-14,24H,9-12H2. The van der Waals surface area contributed by atoms with Gasteiger partial charge in [0.05, 0.1) is 5.69 Å². The minimum Gasteiger partial charge on any atom is -0.508 e. The topological polar surface area (TPSA) is 57.4 Å². The number of hydrogen-bond acceptors (Lipinski definition) is 5. The van der Waals surface area contributed by atoms with Gasteiger partial charge < -0.3 is 14.9 Å². The summed E-state index contributed by atoms with van der Waals surface area (Å²) < 4.78 is 1.76. The highest BCUT2D eigenvalue weighted by Crippen LogP contribution is 2.23. The van der Waals surface area contributed by atoms with Crippen LogP contribution in [0.4, 0.5) is 11.4 Å². The fourth-order valence-electron chi connectivity index (χ4n) is 3.04.